The molecule has 2 rings (SSSR count). The lowest BCUT2D eigenvalue weighted by Crippen LogP contribution is -2.24. The molecule has 0 heterocycles. The molecule has 0 bridgehead atoms. The van der Waals surface area contributed by atoms with Crippen LogP contribution in [0, 0.1) is 0 Å². The van der Waals surface area contributed by atoms with Gasteiger partial charge in [0, 0.05) is 23.9 Å². The highest BCUT2D eigenvalue weighted by Crippen LogP contribution is 2.16. The van der Waals surface area contributed by atoms with Crippen LogP contribution in [0.15, 0.2) is 48.5 Å². The Labute approximate surface area is 163 Å². The zero-order chi connectivity index (χ0) is 20.9. The quantitative estimate of drug-likeness (QED) is 0.540. The molecule has 0 unspecified atom stereocenters. The third-order valence-corrected chi connectivity index (χ3v) is 4.15. The smallest absolute Gasteiger partial charge is 0.338 e. The first kappa shape index (κ1) is 21.1. The summed E-state index contributed by atoms with van der Waals surface area (Å²) in [5.41, 5.74) is 1.22. The number of carbonyl (C=O) groups is 3. The average molecular weight is 404 g/mol. The summed E-state index contributed by atoms with van der Waals surface area (Å²) in [7, 11) is -3.41. The lowest BCUT2D eigenvalue weighted by Gasteiger charge is -2.13. The number of ether oxygens (including phenoxy) is 1. The first-order valence-electron chi connectivity index (χ1n) is 8.26. The molecule has 148 valence electrons. The first-order chi connectivity index (χ1) is 13.0. The number of amides is 1. The predicted octanol–water partition coefficient (Wildman–Crippen LogP) is 2.44. The molecular weight excluding hydrogens is 384 g/mol. The number of nitrogens with one attached hydrogen (secondary N) is 2. The van der Waals surface area contributed by atoms with Crippen LogP contribution >= 0.6 is 0 Å². The topological polar surface area (TPSA) is 119 Å². The monoisotopic (exact) mass is 404 g/mol. The summed E-state index contributed by atoms with van der Waals surface area (Å²) < 4.78 is 29.9. The molecule has 9 heteroatoms. The number of Topliss-reactive ketones (excluding diaryl/α,β-unsaturated/α-hetero) is 1. The lowest BCUT2D eigenvalue weighted by molar-refractivity contribution is -0.114. The molecule has 0 aromatic heterocycles. The van der Waals surface area contributed by atoms with Crippen molar-refractivity contribution < 1.29 is 27.5 Å². The molecule has 1 amide bonds. The van der Waals surface area contributed by atoms with Gasteiger partial charge in [-0.3, -0.25) is 14.3 Å². The minimum absolute atomic E-state index is 0.193. The highest BCUT2D eigenvalue weighted by atomic mass is 32.2. The van der Waals surface area contributed by atoms with Crippen LogP contribution in [0.5, 0.6) is 0 Å². The van der Waals surface area contributed by atoms with Crippen LogP contribution in [-0.2, 0) is 19.6 Å². The second kappa shape index (κ2) is 8.66. The van der Waals surface area contributed by atoms with E-state index in [9.17, 15) is 22.8 Å². The lowest BCUT2D eigenvalue weighted by atomic mass is 10.1. The number of esters is 1. The Hall–Kier alpha value is -3.20. The third-order valence-electron chi connectivity index (χ3n) is 3.54. The molecule has 0 saturated carbocycles. The second-order valence-electron chi connectivity index (χ2n) is 6.13. The second-order valence-corrected chi connectivity index (χ2v) is 7.87. The molecule has 0 aliphatic heterocycles. The number of ketones is 1. The highest BCUT2D eigenvalue weighted by Gasteiger charge is 2.21. The Bertz CT molecular complexity index is 999. The van der Waals surface area contributed by atoms with Gasteiger partial charge in [0.2, 0.25) is 21.7 Å². The molecule has 1 atom stereocenters. The fourth-order valence-electron chi connectivity index (χ4n) is 2.36. The van der Waals surface area contributed by atoms with Gasteiger partial charge in [0.05, 0.1) is 11.8 Å². The maximum atomic E-state index is 12.4. The Kier molecular flexibility index (Phi) is 6.53. The predicted molar refractivity (Wildman–Crippen MR) is 105 cm³/mol. The van der Waals surface area contributed by atoms with Crippen LogP contribution in [0.4, 0.5) is 11.4 Å². The molecule has 0 aliphatic rings. The van der Waals surface area contributed by atoms with Gasteiger partial charge in [-0.2, -0.15) is 0 Å². The number of sulfonamides is 1. The normalized spacial score (nSPS) is 12.0. The molecular formula is C19H20N2O6S. The van der Waals surface area contributed by atoms with Crippen molar-refractivity contribution in [1.29, 1.82) is 0 Å². The van der Waals surface area contributed by atoms with Gasteiger partial charge in [0.1, 0.15) is 0 Å². The number of hydrogen-bond acceptors (Lipinski definition) is 6. The largest absolute Gasteiger partial charge is 0.451 e. The molecule has 0 aliphatic carbocycles. The molecule has 2 aromatic carbocycles. The minimum Gasteiger partial charge on any atom is -0.451 e. The van der Waals surface area contributed by atoms with Crippen molar-refractivity contribution >= 4 is 39.1 Å². The van der Waals surface area contributed by atoms with E-state index in [1.807, 2.05) is 0 Å². The van der Waals surface area contributed by atoms with Gasteiger partial charge in [-0.15, -0.1) is 0 Å². The molecule has 0 radical (unpaired) electrons. The van der Waals surface area contributed by atoms with Gasteiger partial charge in [-0.1, -0.05) is 6.07 Å². The van der Waals surface area contributed by atoms with Crippen LogP contribution in [0.1, 0.15) is 34.6 Å². The highest BCUT2D eigenvalue weighted by molar-refractivity contribution is 7.92. The van der Waals surface area contributed by atoms with Gasteiger partial charge in [0.15, 0.2) is 6.10 Å². The molecule has 28 heavy (non-hydrogen) atoms. The van der Waals surface area contributed by atoms with Crippen LogP contribution < -0.4 is 10.0 Å². The zero-order valence-electron chi connectivity index (χ0n) is 15.6. The molecule has 8 nitrogen and oxygen atoms in total. The van der Waals surface area contributed by atoms with Gasteiger partial charge < -0.3 is 10.1 Å². The van der Waals surface area contributed by atoms with E-state index >= 15 is 0 Å². The summed E-state index contributed by atoms with van der Waals surface area (Å²) in [6, 6.07) is 11.9. The number of carbonyl (C=O) groups excluding carboxylic acids is 3. The number of anilines is 2. The summed E-state index contributed by atoms with van der Waals surface area (Å²) in [5, 5.41) is 2.56. The van der Waals surface area contributed by atoms with E-state index in [1.165, 1.54) is 50.2 Å². The van der Waals surface area contributed by atoms with E-state index in [4.69, 9.17) is 4.74 Å². The van der Waals surface area contributed by atoms with Gasteiger partial charge in [-0.25, -0.2) is 13.2 Å². The van der Waals surface area contributed by atoms with Crippen molar-refractivity contribution in [3.8, 4) is 0 Å². The van der Waals surface area contributed by atoms with Crippen LogP contribution in [-0.4, -0.2) is 38.4 Å². The number of benzene rings is 2. The summed E-state index contributed by atoms with van der Waals surface area (Å²) in [4.78, 5) is 35.8. The summed E-state index contributed by atoms with van der Waals surface area (Å²) in [5.74, 6) is -1.41. The van der Waals surface area contributed by atoms with Crippen molar-refractivity contribution in [3.05, 3.63) is 59.7 Å². The molecule has 0 fully saturated rings. The van der Waals surface area contributed by atoms with E-state index in [0.29, 0.717) is 11.4 Å². The Morgan fingerprint density at radius 3 is 2.18 bits per heavy atom. The third kappa shape index (κ3) is 6.20. The van der Waals surface area contributed by atoms with Gasteiger partial charge in [-0.05, 0) is 49.4 Å². The molecule has 0 saturated heterocycles. The standard InChI is InChI=1S/C19H20N2O6S/c1-12(18(23)14-7-9-16(10-8-14)21-28(3,25)26)27-19(24)15-5-4-6-17(11-15)20-13(2)22/h4-12,21H,1-3H3,(H,20,22)/t12-/m0/s1. The number of hydrogen-bond donors (Lipinski definition) is 2. The van der Waals surface area contributed by atoms with Gasteiger partial charge in [0.25, 0.3) is 0 Å². The summed E-state index contributed by atoms with van der Waals surface area (Å²) >= 11 is 0. The van der Waals surface area contributed by atoms with Crippen molar-refractivity contribution in [3.63, 3.8) is 0 Å². The fourth-order valence-corrected chi connectivity index (χ4v) is 2.92. The first-order valence-corrected chi connectivity index (χ1v) is 10.1. The van der Waals surface area contributed by atoms with Gasteiger partial charge >= 0.3 is 5.97 Å². The zero-order valence-corrected chi connectivity index (χ0v) is 16.4. The summed E-state index contributed by atoms with van der Waals surface area (Å²) in [6.07, 6.45) is -0.0280. The summed E-state index contributed by atoms with van der Waals surface area (Å²) in [6.45, 7) is 2.79. The number of rotatable bonds is 7. The SMILES string of the molecule is CC(=O)Nc1cccc(C(=O)O[C@@H](C)C(=O)c2ccc(NS(C)(=O)=O)cc2)c1. The Morgan fingerprint density at radius 2 is 1.61 bits per heavy atom. The van der Waals surface area contributed by atoms with Crippen LogP contribution in [0.25, 0.3) is 0 Å². The minimum atomic E-state index is -3.41. The van der Waals surface area contributed by atoms with E-state index in [0.717, 1.165) is 6.26 Å². The van der Waals surface area contributed by atoms with E-state index in [2.05, 4.69) is 10.0 Å². The Balaban J connectivity index is 2.05. The molecule has 2 N–H and O–H groups in total. The van der Waals surface area contributed by atoms with Crippen LogP contribution in [0.3, 0.4) is 0 Å². The van der Waals surface area contributed by atoms with E-state index < -0.39 is 27.9 Å². The van der Waals surface area contributed by atoms with E-state index in [1.54, 1.807) is 12.1 Å². The average Bonchev–Trinajstić information content (AvgIpc) is 2.60. The van der Waals surface area contributed by atoms with Crippen molar-refractivity contribution in [1.82, 2.24) is 0 Å². The fraction of sp³-hybridized carbons (Fsp3) is 0.211. The van der Waals surface area contributed by atoms with E-state index in [-0.39, 0.29) is 17.0 Å². The van der Waals surface area contributed by atoms with Crippen LogP contribution in [0.2, 0.25) is 0 Å². The molecule has 0 spiro atoms. The Morgan fingerprint density at radius 1 is 0.964 bits per heavy atom. The van der Waals surface area contributed by atoms with Crippen molar-refractivity contribution in [2.75, 3.05) is 16.3 Å². The van der Waals surface area contributed by atoms with Crippen molar-refractivity contribution in [2.45, 2.75) is 20.0 Å². The maximum Gasteiger partial charge on any atom is 0.338 e. The molecule has 2 aromatic rings. The maximum absolute atomic E-state index is 12.4. The van der Waals surface area contributed by atoms with Crippen molar-refractivity contribution in [2.24, 2.45) is 0 Å².